The van der Waals surface area contributed by atoms with Gasteiger partial charge in [-0.25, -0.2) is 4.39 Å². The Kier molecular flexibility index (Phi) is 5.55. The summed E-state index contributed by atoms with van der Waals surface area (Å²) in [5.41, 5.74) is 5.06. The molecule has 0 saturated carbocycles. The number of nitrogens with one attached hydrogen (secondary N) is 1. The first kappa shape index (κ1) is 14.7. The van der Waals surface area contributed by atoms with Crippen molar-refractivity contribution in [2.24, 2.45) is 5.73 Å². The summed E-state index contributed by atoms with van der Waals surface area (Å²) in [5, 5.41) is 2.41. The molecule has 1 atom stereocenters. The lowest BCUT2D eigenvalue weighted by atomic mass is 10.1. The van der Waals surface area contributed by atoms with Crippen LogP contribution in [-0.4, -0.2) is 17.9 Å². The standard InChI is InChI=1S/C14H15FN2O2/c1-2-3-4-9-12(13(16)18)17-14(19)10-7-5-6-8-11(10)15/h1,5-8,12H,3-4,9H2,(H2,16,18)(H,17,19)/t12-/m0/s1. The Morgan fingerprint density at radius 2 is 2.11 bits per heavy atom. The van der Waals surface area contributed by atoms with Gasteiger partial charge in [-0.15, -0.1) is 12.3 Å². The molecule has 0 aliphatic carbocycles. The van der Waals surface area contributed by atoms with Gasteiger partial charge < -0.3 is 11.1 Å². The van der Waals surface area contributed by atoms with E-state index in [-0.39, 0.29) is 5.56 Å². The summed E-state index contributed by atoms with van der Waals surface area (Å²) in [6.45, 7) is 0. The molecule has 4 nitrogen and oxygen atoms in total. The topological polar surface area (TPSA) is 72.2 Å². The fourth-order valence-electron chi connectivity index (χ4n) is 1.58. The molecule has 1 aromatic carbocycles. The second kappa shape index (κ2) is 7.17. The van der Waals surface area contributed by atoms with E-state index in [0.29, 0.717) is 19.3 Å². The van der Waals surface area contributed by atoms with Crippen molar-refractivity contribution in [1.29, 1.82) is 0 Å². The van der Waals surface area contributed by atoms with Crippen LogP contribution in [0.25, 0.3) is 0 Å². The van der Waals surface area contributed by atoms with Crippen LogP contribution in [0.1, 0.15) is 29.6 Å². The number of amides is 2. The largest absolute Gasteiger partial charge is 0.368 e. The predicted molar refractivity (Wildman–Crippen MR) is 69.5 cm³/mol. The number of nitrogens with two attached hydrogens (primary N) is 1. The molecule has 0 heterocycles. The maximum absolute atomic E-state index is 13.4. The number of benzene rings is 1. The smallest absolute Gasteiger partial charge is 0.254 e. The molecule has 19 heavy (non-hydrogen) atoms. The molecule has 0 unspecified atom stereocenters. The van der Waals surface area contributed by atoms with E-state index in [9.17, 15) is 14.0 Å². The lowest BCUT2D eigenvalue weighted by Gasteiger charge is -2.15. The van der Waals surface area contributed by atoms with Crippen LogP contribution >= 0.6 is 0 Å². The van der Waals surface area contributed by atoms with Crippen molar-refractivity contribution < 1.29 is 14.0 Å². The van der Waals surface area contributed by atoms with Gasteiger partial charge in [-0.2, -0.15) is 0 Å². The molecule has 0 aromatic heterocycles. The second-order valence-corrected chi connectivity index (χ2v) is 4.00. The average molecular weight is 262 g/mol. The second-order valence-electron chi connectivity index (χ2n) is 4.00. The molecule has 100 valence electrons. The van der Waals surface area contributed by atoms with Gasteiger partial charge in [0.15, 0.2) is 0 Å². The Bertz CT molecular complexity index is 508. The molecule has 0 bridgehead atoms. The molecule has 0 fully saturated rings. The van der Waals surface area contributed by atoms with Crippen LogP contribution < -0.4 is 11.1 Å². The van der Waals surface area contributed by atoms with Crippen LogP contribution in [0, 0.1) is 18.2 Å². The summed E-state index contributed by atoms with van der Waals surface area (Å²) in [6.07, 6.45) is 6.48. The number of halogens is 1. The third kappa shape index (κ3) is 4.43. The Hall–Kier alpha value is -2.35. The molecular formula is C14H15FN2O2. The summed E-state index contributed by atoms with van der Waals surface area (Å²) < 4.78 is 13.4. The molecule has 0 aliphatic rings. The minimum Gasteiger partial charge on any atom is -0.368 e. The zero-order valence-electron chi connectivity index (χ0n) is 10.4. The van der Waals surface area contributed by atoms with Gasteiger partial charge >= 0.3 is 0 Å². The molecular weight excluding hydrogens is 247 g/mol. The number of rotatable bonds is 6. The van der Waals surface area contributed by atoms with Gasteiger partial charge in [-0.05, 0) is 25.0 Å². The quantitative estimate of drug-likeness (QED) is 0.597. The zero-order chi connectivity index (χ0) is 14.3. The molecule has 0 spiro atoms. The Morgan fingerprint density at radius 1 is 1.42 bits per heavy atom. The summed E-state index contributed by atoms with van der Waals surface area (Å²) in [4.78, 5) is 23.0. The highest BCUT2D eigenvalue weighted by molar-refractivity contribution is 5.97. The van der Waals surface area contributed by atoms with Gasteiger partial charge in [-0.1, -0.05) is 12.1 Å². The molecule has 0 aliphatic heterocycles. The molecule has 3 N–H and O–H groups in total. The summed E-state index contributed by atoms with van der Waals surface area (Å²) in [6, 6.07) is 4.68. The SMILES string of the molecule is C#CCCC[C@H](NC(=O)c1ccccc1F)C(N)=O. The van der Waals surface area contributed by atoms with Gasteiger partial charge in [0.2, 0.25) is 5.91 Å². The number of unbranched alkanes of at least 4 members (excludes halogenated alkanes) is 1. The van der Waals surface area contributed by atoms with Crippen LogP contribution in [-0.2, 0) is 4.79 Å². The third-order valence-electron chi connectivity index (χ3n) is 2.58. The minimum atomic E-state index is -0.847. The lowest BCUT2D eigenvalue weighted by molar-refractivity contribution is -0.120. The van der Waals surface area contributed by atoms with Crippen LogP contribution in [0.3, 0.4) is 0 Å². The number of hydrogen-bond donors (Lipinski definition) is 2. The highest BCUT2D eigenvalue weighted by Gasteiger charge is 2.19. The summed E-state index contributed by atoms with van der Waals surface area (Å²) in [5.74, 6) is 0.456. The zero-order valence-corrected chi connectivity index (χ0v) is 10.4. The lowest BCUT2D eigenvalue weighted by Crippen LogP contribution is -2.44. The van der Waals surface area contributed by atoms with Crippen molar-refractivity contribution in [2.45, 2.75) is 25.3 Å². The number of hydrogen-bond acceptors (Lipinski definition) is 2. The van der Waals surface area contributed by atoms with Crippen LogP contribution in [0.2, 0.25) is 0 Å². The highest BCUT2D eigenvalue weighted by atomic mass is 19.1. The van der Waals surface area contributed by atoms with Crippen molar-refractivity contribution in [3.05, 3.63) is 35.6 Å². The molecule has 2 amide bonds. The molecule has 1 rings (SSSR count). The summed E-state index contributed by atoms with van der Waals surface area (Å²) in [7, 11) is 0. The Morgan fingerprint density at radius 3 is 2.68 bits per heavy atom. The predicted octanol–water partition coefficient (Wildman–Crippen LogP) is 1.21. The van der Waals surface area contributed by atoms with Crippen molar-refractivity contribution in [2.75, 3.05) is 0 Å². The van der Waals surface area contributed by atoms with Crippen molar-refractivity contribution in [3.8, 4) is 12.3 Å². The first-order chi connectivity index (χ1) is 9.06. The molecule has 0 saturated heterocycles. The maximum atomic E-state index is 13.4. The van der Waals surface area contributed by atoms with Crippen LogP contribution in [0.4, 0.5) is 4.39 Å². The van der Waals surface area contributed by atoms with Crippen LogP contribution in [0.15, 0.2) is 24.3 Å². The number of primary amides is 1. The van der Waals surface area contributed by atoms with E-state index >= 15 is 0 Å². The van der Waals surface area contributed by atoms with Gasteiger partial charge in [-0.3, -0.25) is 9.59 Å². The van der Waals surface area contributed by atoms with E-state index in [0.717, 1.165) is 0 Å². The fraction of sp³-hybridized carbons (Fsp3) is 0.286. The third-order valence-corrected chi connectivity index (χ3v) is 2.58. The van der Waals surface area contributed by atoms with Crippen molar-refractivity contribution in [1.82, 2.24) is 5.32 Å². The first-order valence-corrected chi connectivity index (χ1v) is 5.84. The molecule has 1 aromatic rings. The van der Waals surface area contributed by atoms with Gasteiger partial charge in [0.1, 0.15) is 11.9 Å². The van der Waals surface area contributed by atoms with Crippen molar-refractivity contribution in [3.63, 3.8) is 0 Å². The highest BCUT2D eigenvalue weighted by Crippen LogP contribution is 2.07. The first-order valence-electron chi connectivity index (χ1n) is 5.84. The Labute approximate surface area is 111 Å². The van der Waals surface area contributed by atoms with Crippen LogP contribution in [0.5, 0.6) is 0 Å². The summed E-state index contributed by atoms with van der Waals surface area (Å²) >= 11 is 0. The normalized spacial score (nSPS) is 11.4. The Balaban J connectivity index is 2.69. The fourth-order valence-corrected chi connectivity index (χ4v) is 1.58. The number of carbonyl (C=O) groups excluding carboxylic acids is 2. The van der Waals surface area contributed by atoms with E-state index in [2.05, 4.69) is 11.2 Å². The van der Waals surface area contributed by atoms with E-state index in [4.69, 9.17) is 12.2 Å². The number of terminal acetylenes is 1. The van der Waals surface area contributed by atoms with Gasteiger partial charge in [0.25, 0.3) is 5.91 Å². The van der Waals surface area contributed by atoms with E-state index < -0.39 is 23.7 Å². The van der Waals surface area contributed by atoms with E-state index in [1.165, 1.54) is 24.3 Å². The van der Waals surface area contributed by atoms with E-state index in [1.807, 2.05) is 0 Å². The molecule has 0 radical (unpaired) electrons. The maximum Gasteiger partial charge on any atom is 0.254 e. The monoisotopic (exact) mass is 262 g/mol. The van der Waals surface area contributed by atoms with Gasteiger partial charge in [0, 0.05) is 6.42 Å². The van der Waals surface area contributed by atoms with Crippen molar-refractivity contribution >= 4 is 11.8 Å². The minimum absolute atomic E-state index is 0.120. The number of carbonyl (C=O) groups is 2. The average Bonchev–Trinajstić information content (AvgIpc) is 2.38. The van der Waals surface area contributed by atoms with Gasteiger partial charge in [0.05, 0.1) is 5.56 Å². The molecule has 5 heteroatoms. The van der Waals surface area contributed by atoms with E-state index in [1.54, 1.807) is 0 Å².